The Morgan fingerprint density at radius 2 is 2.24 bits per heavy atom. The molecule has 1 amide bonds. The van der Waals surface area contributed by atoms with Crippen molar-refractivity contribution in [1.82, 2.24) is 10.2 Å². The van der Waals surface area contributed by atoms with Gasteiger partial charge in [0, 0.05) is 29.0 Å². The van der Waals surface area contributed by atoms with Crippen LogP contribution in [-0.4, -0.2) is 50.2 Å². The highest BCUT2D eigenvalue weighted by atomic mass is 79.9. The van der Waals surface area contributed by atoms with Crippen LogP contribution < -0.4 is 5.32 Å². The van der Waals surface area contributed by atoms with Gasteiger partial charge >= 0.3 is 0 Å². The van der Waals surface area contributed by atoms with E-state index in [2.05, 4.69) is 33.1 Å². The zero-order chi connectivity index (χ0) is 15.1. The molecule has 4 nitrogen and oxygen atoms in total. The van der Waals surface area contributed by atoms with Gasteiger partial charge in [-0.05, 0) is 41.4 Å². The number of carbonyl (C=O) groups is 1. The largest absolute Gasteiger partial charge is 0.379 e. The number of amides is 1. The Morgan fingerprint density at radius 3 is 2.95 bits per heavy atom. The van der Waals surface area contributed by atoms with E-state index in [9.17, 15) is 4.79 Å². The van der Waals surface area contributed by atoms with Crippen molar-refractivity contribution in [2.45, 2.75) is 26.2 Å². The molecule has 0 aliphatic carbocycles. The summed E-state index contributed by atoms with van der Waals surface area (Å²) in [4.78, 5) is 16.6. The molecule has 2 heterocycles. The van der Waals surface area contributed by atoms with Crippen molar-refractivity contribution in [2.75, 3.05) is 39.4 Å². The molecule has 0 bridgehead atoms. The maximum absolute atomic E-state index is 12.1. The summed E-state index contributed by atoms with van der Waals surface area (Å²) in [6, 6.07) is 1.94. The van der Waals surface area contributed by atoms with Crippen molar-refractivity contribution in [2.24, 2.45) is 0 Å². The Kier molecular flexibility index (Phi) is 7.16. The van der Waals surface area contributed by atoms with Gasteiger partial charge in [0.2, 0.25) is 0 Å². The number of ether oxygens (including phenoxy) is 1. The number of hydrogen-bond acceptors (Lipinski definition) is 4. The summed E-state index contributed by atoms with van der Waals surface area (Å²) >= 11 is 5.12. The summed E-state index contributed by atoms with van der Waals surface area (Å²) in [5.74, 6) is 0.0463. The average Bonchev–Trinajstić information content (AvgIpc) is 2.86. The van der Waals surface area contributed by atoms with Gasteiger partial charge in [0.05, 0.1) is 18.1 Å². The van der Waals surface area contributed by atoms with Crippen LogP contribution in [-0.2, 0) is 11.2 Å². The number of aryl methyl sites for hydroxylation is 1. The van der Waals surface area contributed by atoms with Crippen LogP contribution in [0.25, 0.3) is 0 Å². The van der Waals surface area contributed by atoms with E-state index in [-0.39, 0.29) is 5.91 Å². The van der Waals surface area contributed by atoms with Gasteiger partial charge in [-0.1, -0.05) is 13.3 Å². The fraction of sp³-hybridized carbons (Fsp3) is 0.667. The number of nitrogens with zero attached hydrogens (tertiary/aromatic N) is 1. The molecular formula is C15H23BrN2O2S. The quantitative estimate of drug-likeness (QED) is 0.746. The van der Waals surface area contributed by atoms with E-state index in [4.69, 9.17) is 4.74 Å². The van der Waals surface area contributed by atoms with E-state index in [1.54, 1.807) is 11.3 Å². The standard InChI is InChI=1S/C15H23BrN2O2S/c1-2-4-13-12(16)11-14(21-13)15(19)17-5-3-6-18-7-9-20-10-8-18/h11H,2-10H2,1H3,(H,17,19). The lowest BCUT2D eigenvalue weighted by Crippen LogP contribution is -2.38. The van der Waals surface area contributed by atoms with Crippen LogP contribution in [0.15, 0.2) is 10.5 Å². The van der Waals surface area contributed by atoms with Crippen LogP contribution in [0.5, 0.6) is 0 Å². The molecule has 0 unspecified atom stereocenters. The van der Waals surface area contributed by atoms with Crippen LogP contribution in [0.4, 0.5) is 0 Å². The van der Waals surface area contributed by atoms with Crippen molar-refractivity contribution in [3.8, 4) is 0 Å². The Balaban J connectivity index is 1.70. The smallest absolute Gasteiger partial charge is 0.261 e. The summed E-state index contributed by atoms with van der Waals surface area (Å²) in [7, 11) is 0. The summed E-state index contributed by atoms with van der Waals surface area (Å²) < 4.78 is 6.38. The van der Waals surface area contributed by atoms with E-state index in [0.29, 0.717) is 0 Å². The van der Waals surface area contributed by atoms with Crippen LogP contribution in [0.2, 0.25) is 0 Å². The molecule has 0 radical (unpaired) electrons. The Bertz CT molecular complexity index is 459. The molecule has 1 aromatic heterocycles. The minimum atomic E-state index is 0.0463. The number of hydrogen-bond donors (Lipinski definition) is 1. The van der Waals surface area contributed by atoms with Gasteiger partial charge in [-0.2, -0.15) is 0 Å². The van der Waals surface area contributed by atoms with Crippen LogP contribution >= 0.6 is 27.3 Å². The van der Waals surface area contributed by atoms with Gasteiger partial charge < -0.3 is 10.1 Å². The average molecular weight is 375 g/mol. The predicted octanol–water partition coefficient (Wildman–Crippen LogP) is 2.92. The first-order chi connectivity index (χ1) is 10.2. The molecule has 1 fully saturated rings. The lowest BCUT2D eigenvalue weighted by Gasteiger charge is -2.26. The number of rotatable bonds is 7. The molecule has 2 rings (SSSR count). The van der Waals surface area contributed by atoms with Gasteiger partial charge in [-0.15, -0.1) is 11.3 Å². The maximum Gasteiger partial charge on any atom is 0.261 e. The lowest BCUT2D eigenvalue weighted by molar-refractivity contribution is 0.0374. The normalized spacial score (nSPS) is 16.1. The molecule has 118 valence electrons. The van der Waals surface area contributed by atoms with Gasteiger partial charge in [0.15, 0.2) is 0 Å². The monoisotopic (exact) mass is 374 g/mol. The molecule has 21 heavy (non-hydrogen) atoms. The maximum atomic E-state index is 12.1. The second-order valence-electron chi connectivity index (χ2n) is 5.20. The topological polar surface area (TPSA) is 41.6 Å². The van der Waals surface area contributed by atoms with Crippen molar-refractivity contribution in [3.63, 3.8) is 0 Å². The van der Waals surface area contributed by atoms with Crippen molar-refractivity contribution < 1.29 is 9.53 Å². The number of thiophene rings is 1. The SMILES string of the molecule is CCCc1sc(C(=O)NCCCN2CCOCC2)cc1Br. The number of carbonyl (C=O) groups excluding carboxylic acids is 1. The fourth-order valence-electron chi connectivity index (χ4n) is 2.33. The zero-order valence-corrected chi connectivity index (χ0v) is 14.9. The predicted molar refractivity (Wildman–Crippen MR) is 90.2 cm³/mol. The van der Waals surface area contributed by atoms with Gasteiger partial charge in [0.1, 0.15) is 0 Å². The molecule has 1 N–H and O–H groups in total. The third-order valence-electron chi connectivity index (χ3n) is 3.50. The molecule has 0 spiro atoms. The summed E-state index contributed by atoms with van der Waals surface area (Å²) in [6.07, 6.45) is 3.11. The molecule has 1 aliphatic rings. The summed E-state index contributed by atoms with van der Waals surface area (Å²) in [6.45, 7) is 7.58. The summed E-state index contributed by atoms with van der Waals surface area (Å²) in [5.41, 5.74) is 0. The minimum Gasteiger partial charge on any atom is -0.379 e. The minimum absolute atomic E-state index is 0.0463. The third kappa shape index (κ3) is 5.36. The zero-order valence-electron chi connectivity index (χ0n) is 12.5. The second-order valence-corrected chi connectivity index (χ2v) is 7.19. The Hall–Kier alpha value is -0.430. The molecule has 0 atom stereocenters. The second kappa shape index (κ2) is 8.88. The van der Waals surface area contributed by atoms with Crippen molar-refractivity contribution >= 4 is 33.2 Å². The molecule has 0 saturated carbocycles. The summed E-state index contributed by atoms with van der Waals surface area (Å²) in [5, 5.41) is 3.01. The van der Waals surface area contributed by atoms with Gasteiger partial charge in [-0.25, -0.2) is 0 Å². The lowest BCUT2D eigenvalue weighted by atomic mass is 10.3. The molecule has 6 heteroatoms. The van der Waals surface area contributed by atoms with Crippen molar-refractivity contribution in [3.05, 3.63) is 20.3 Å². The van der Waals surface area contributed by atoms with E-state index in [0.717, 1.165) is 68.0 Å². The van der Waals surface area contributed by atoms with Gasteiger partial charge in [0.25, 0.3) is 5.91 Å². The van der Waals surface area contributed by atoms with Crippen LogP contribution in [0.3, 0.4) is 0 Å². The molecular weight excluding hydrogens is 352 g/mol. The highest BCUT2D eigenvalue weighted by Crippen LogP contribution is 2.28. The fourth-order valence-corrected chi connectivity index (χ4v) is 4.22. The van der Waals surface area contributed by atoms with Crippen molar-refractivity contribution in [1.29, 1.82) is 0 Å². The first-order valence-corrected chi connectivity index (χ1v) is 9.18. The van der Waals surface area contributed by atoms with Gasteiger partial charge in [-0.3, -0.25) is 9.69 Å². The van der Waals surface area contributed by atoms with E-state index in [1.165, 1.54) is 4.88 Å². The Labute approximate surface area is 139 Å². The highest BCUT2D eigenvalue weighted by Gasteiger charge is 2.13. The van der Waals surface area contributed by atoms with Crippen LogP contribution in [0, 0.1) is 0 Å². The van der Waals surface area contributed by atoms with Crippen LogP contribution in [0.1, 0.15) is 34.3 Å². The number of nitrogens with one attached hydrogen (secondary N) is 1. The molecule has 0 aromatic carbocycles. The first kappa shape index (κ1) is 16.9. The Morgan fingerprint density at radius 1 is 1.48 bits per heavy atom. The number of morpholine rings is 1. The van der Waals surface area contributed by atoms with E-state index >= 15 is 0 Å². The molecule has 1 saturated heterocycles. The molecule has 1 aliphatic heterocycles. The highest BCUT2D eigenvalue weighted by molar-refractivity contribution is 9.10. The number of halogens is 1. The third-order valence-corrected chi connectivity index (χ3v) is 5.66. The van der Waals surface area contributed by atoms with E-state index < -0.39 is 0 Å². The van der Waals surface area contributed by atoms with E-state index in [1.807, 2.05) is 6.07 Å². The first-order valence-electron chi connectivity index (χ1n) is 7.57. The molecule has 1 aromatic rings.